The molecule has 4 atom stereocenters. The van der Waals surface area contributed by atoms with Gasteiger partial charge in [-0.3, -0.25) is 4.90 Å². The summed E-state index contributed by atoms with van der Waals surface area (Å²) < 4.78 is 5.64. The number of nitrogens with zero attached hydrogens (tertiary/aromatic N) is 2. The van der Waals surface area contributed by atoms with Gasteiger partial charge < -0.3 is 4.74 Å². The van der Waals surface area contributed by atoms with Crippen LogP contribution in [0.4, 0.5) is 0 Å². The highest BCUT2D eigenvalue weighted by molar-refractivity contribution is 4.94. The third-order valence-electron chi connectivity index (χ3n) is 2.88. The van der Waals surface area contributed by atoms with Crippen molar-refractivity contribution in [2.75, 3.05) is 7.05 Å². The topological polar surface area (TPSA) is 36.3 Å². The molecule has 3 heteroatoms. The average Bonchev–Trinajstić information content (AvgIpc) is 2.42. The number of likely N-dealkylation sites (N-methyl/N-ethyl adjacent to an activating group) is 1. The molecule has 0 radical (unpaired) electrons. The second-order valence-corrected chi connectivity index (χ2v) is 3.93. The minimum atomic E-state index is -0.0265. The lowest BCUT2D eigenvalue weighted by atomic mass is 10.1. The second kappa shape index (κ2) is 4.08. The Morgan fingerprint density at radius 2 is 2.15 bits per heavy atom. The van der Waals surface area contributed by atoms with Crippen LogP contribution >= 0.6 is 0 Å². The zero-order valence-electron chi connectivity index (χ0n) is 8.82. The monoisotopic (exact) mass is 182 g/mol. The van der Waals surface area contributed by atoms with Gasteiger partial charge in [-0.25, -0.2) is 0 Å². The molecule has 74 valence electrons. The summed E-state index contributed by atoms with van der Waals surface area (Å²) in [4.78, 5) is 2.11. The van der Waals surface area contributed by atoms with Crippen molar-refractivity contribution >= 4 is 0 Å². The van der Waals surface area contributed by atoms with E-state index < -0.39 is 0 Å². The molecule has 0 amide bonds. The van der Waals surface area contributed by atoms with Crippen molar-refractivity contribution in [3.8, 4) is 6.07 Å². The number of hydrogen-bond donors (Lipinski definition) is 0. The highest BCUT2D eigenvalue weighted by atomic mass is 16.5. The molecule has 4 unspecified atom stereocenters. The molecule has 0 saturated carbocycles. The van der Waals surface area contributed by atoms with E-state index in [4.69, 9.17) is 10.00 Å². The molecule has 0 bridgehead atoms. The Kier molecular flexibility index (Phi) is 3.29. The lowest BCUT2D eigenvalue weighted by Crippen LogP contribution is -2.41. The summed E-state index contributed by atoms with van der Waals surface area (Å²) in [5, 5.41) is 8.79. The lowest BCUT2D eigenvalue weighted by molar-refractivity contribution is 0.0429. The Balaban J connectivity index is 2.57. The van der Waals surface area contributed by atoms with E-state index in [1.54, 1.807) is 0 Å². The van der Waals surface area contributed by atoms with Crippen molar-refractivity contribution in [3.05, 3.63) is 0 Å². The summed E-state index contributed by atoms with van der Waals surface area (Å²) in [7, 11) is 2.00. The van der Waals surface area contributed by atoms with Gasteiger partial charge in [0.1, 0.15) is 0 Å². The van der Waals surface area contributed by atoms with Crippen LogP contribution in [0, 0.1) is 11.3 Å². The van der Waals surface area contributed by atoms with Gasteiger partial charge in [0, 0.05) is 6.04 Å². The van der Waals surface area contributed by atoms with Gasteiger partial charge >= 0.3 is 0 Å². The summed E-state index contributed by atoms with van der Waals surface area (Å²) in [5.41, 5.74) is 0. The van der Waals surface area contributed by atoms with Gasteiger partial charge in [0.05, 0.1) is 24.3 Å². The number of nitriles is 1. The Labute approximate surface area is 80.3 Å². The largest absolute Gasteiger partial charge is 0.374 e. The van der Waals surface area contributed by atoms with E-state index in [0.29, 0.717) is 12.1 Å². The molecule has 0 aliphatic carbocycles. The van der Waals surface area contributed by atoms with Crippen molar-refractivity contribution in [1.29, 1.82) is 5.26 Å². The SMILES string of the molecule is CC1CC(N(C)C(C)C#N)C(C)O1. The van der Waals surface area contributed by atoms with Crippen LogP contribution in [-0.2, 0) is 4.74 Å². The van der Waals surface area contributed by atoms with Crippen molar-refractivity contribution < 1.29 is 4.74 Å². The van der Waals surface area contributed by atoms with E-state index in [2.05, 4.69) is 24.8 Å². The molecule has 0 aromatic carbocycles. The van der Waals surface area contributed by atoms with Gasteiger partial charge in [-0.2, -0.15) is 5.26 Å². The van der Waals surface area contributed by atoms with Crippen molar-refractivity contribution in [2.45, 2.75) is 51.5 Å². The predicted molar refractivity (Wildman–Crippen MR) is 51.3 cm³/mol. The fourth-order valence-electron chi connectivity index (χ4n) is 1.92. The maximum absolute atomic E-state index is 8.79. The molecule has 0 aromatic rings. The first-order chi connectivity index (χ1) is 6.06. The van der Waals surface area contributed by atoms with Crippen LogP contribution in [0.1, 0.15) is 27.2 Å². The van der Waals surface area contributed by atoms with Crippen molar-refractivity contribution in [3.63, 3.8) is 0 Å². The molecule has 13 heavy (non-hydrogen) atoms. The molecule has 1 aliphatic heterocycles. The zero-order valence-corrected chi connectivity index (χ0v) is 8.82. The van der Waals surface area contributed by atoms with E-state index in [-0.39, 0.29) is 12.1 Å². The van der Waals surface area contributed by atoms with E-state index in [1.165, 1.54) is 0 Å². The quantitative estimate of drug-likeness (QED) is 0.647. The molecule has 0 N–H and O–H groups in total. The minimum absolute atomic E-state index is 0.0265. The maximum atomic E-state index is 8.79. The molecular weight excluding hydrogens is 164 g/mol. The highest BCUT2D eigenvalue weighted by Crippen LogP contribution is 2.24. The first-order valence-electron chi connectivity index (χ1n) is 4.83. The first kappa shape index (κ1) is 10.5. The Hall–Kier alpha value is -0.590. The Morgan fingerprint density at radius 3 is 2.54 bits per heavy atom. The molecule has 1 rings (SSSR count). The normalized spacial score (nSPS) is 36.2. The van der Waals surface area contributed by atoms with Crippen LogP contribution in [0.25, 0.3) is 0 Å². The third kappa shape index (κ3) is 2.20. The van der Waals surface area contributed by atoms with Gasteiger partial charge in [0.15, 0.2) is 0 Å². The van der Waals surface area contributed by atoms with Gasteiger partial charge in [0.2, 0.25) is 0 Å². The van der Waals surface area contributed by atoms with Crippen LogP contribution in [0.3, 0.4) is 0 Å². The van der Waals surface area contributed by atoms with Gasteiger partial charge in [-0.15, -0.1) is 0 Å². The Bertz CT molecular complexity index is 211. The van der Waals surface area contributed by atoms with Gasteiger partial charge in [0.25, 0.3) is 0 Å². The molecule has 1 aliphatic rings. The Morgan fingerprint density at radius 1 is 1.54 bits per heavy atom. The van der Waals surface area contributed by atoms with E-state index in [9.17, 15) is 0 Å². The number of hydrogen-bond acceptors (Lipinski definition) is 3. The average molecular weight is 182 g/mol. The van der Waals surface area contributed by atoms with Crippen LogP contribution in [0.2, 0.25) is 0 Å². The summed E-state index contributed by atoms with van der Waals surface area (Å²) in [6.45, 7) is 6.09. The van der Waals surface area contributed by atoms with Gasteiger partial charge in [-0.05, 0) is 34.2 Å². The maximum Gasteiger partial charge on any atom is 0.0950 e. The molecule has 1 saturated heterocycles. The third-order valence-corrected chi connectivity index (χ3v) is 2.88. The molecule has 0 aromatic heterocycles. The fourth-order valence-corrected chi connectivity index (χ4v) is 1.92. The van der Waals surface area contributed by atoms with Crippen LogP contribution in [-0.4, -0.2) is 36.2 Å². The van der Waals surface area contributed by atoms with E-state index in [0.717, 1.165) is 6.42 Å². The lowest BCUT2D eigenvalue weighted by Gasteiger charge is -2.28. The standard InChI is InChI=1S/C10H18N2O/c1-7(6-11)12(4)10-5-8(2)13-9(10)3/h7-10H,5H2,1-4H3. The molecule has 1 heterocycles. The highest BCUT2D eigenvalue weighted by Gasteiger charge is 2.33. The summed E-state index contributed by atoms with van der Waals surface area (Å²) in [6.07, 6.45) is 1.60. The zero-order chi connectivity index (χ0) is 10.0. The first-order valence-corrected chi connectivity index (χ1v) is 4.83. The van der Waals surface area contributed by atoms with Gasteiger partial charge in [-0.1, -0.05) is 0 Å². The smallest absolute Gasteiger partial charge is 0.0950 e. The molecule has 3 nitrogen and oxygen atoms in total. The van der Waals surface area contributed by atoms with E-state index in [1.807, 2.05) is 14.0 Å². The molecular formula is C10H18N2O. The van der Waals surface area contributed by atoms with Crippen LogP contribution in [0.5, 0.6) is 0 Å². The number of ether oxygens (including phenoxy) is 1. The van der Waals surface area contributed by atoms with Crippen LogP contribution in [0.15, 0.2) is 0 Å². The van der Waals surface area contributed by atoms with E-state index >= 15 is 0 Å². The second-order valence-electron chi connectivity index (χ2n) is 3.93. The fraction of sp³-hybridized carbons (Fsp3) is 0.900. The summed E-state index contributed by atoms with van der Waals surface area (Å²) in [5.74, 6) is 0. The van der Waals surface area contributed by atoms with Crippen LogP contribution < -0.4 is 0 Å². The van der Waals surface area contributed by atoms with Crippen molar-refractivity contribution in [1.82, 2.24) is 4.90 Å². The number of rotatable bonds is 2. The molecule has 1 fully saturated rings. The minimum Gasteiger partial charge on any atom is -0.374 e. The predicted octanol–water partition coefficient (Wildman–Crippen LogP) is 1.40. The summed E-state index contributed by atoms with van der Waals surface area (Å²) >= 11 is 0. The van der Waals surface area contributed by atoms with Crippen molar-refractivity contribution in [2.24, 2.45) is 0 Å². The summed E-state index contributed by atoms with van der Waals surface area (Å²) in [6, 6.07) is 2.61. The molecule has 0 spiro atoms.